The van der Waals surface area contributed by atoms with Crippen LogP contribution >= 0.6 is 11.8 Å². The molecule has 0 fully saturated rings. The number of benzene rings is 2. The fourth-order valence-corrected chi connectivity index (χ4v) is 1.92. The summed E-state index contributed by atoms with van der Waals surface area (Å²) < 4.78 is 0. The first-order valence-electron chi connectivity index (χ1n) is 6.11. The third-order valence-electron chi connectivity index (χ3n) is 2.36. The average Bonchev–Trinajstić information content (AvgIpc) is 2.48. The summed E-state index contributed by atoms with van der Waals surface area (Å²) in [6.45, 7) is 0. The van der Waals surface area contributed by atoms with Crippen LogP contribution in [0, 0.1) is 23.7 Å². The second kappa shape index (κ2) is 8.09. The summed E-state index contributed by atoms with van der Waals surface area (Å²) in [4.78, 5) is 0. The molecule has 0 amide bonds. The van der Waals surface area contributed by atoms with E-state index in [4.69, 9.17) is 0 Å². The van der Waals surface area contributed by atoms with Crippen LogP contribution < -0.4 is 0 Å². The van der Waals surface area contributed by atoms with Gasteiger partial charge in [-0.2, -0.15) is 0 Å². The maximum atomic E-state index is 3.15. The van der Waals surface area contributed by atoms with Gasteiger partial charge in [-0.1, -0.05) is 60.1 Å². The number of hydrogen-bond donors (Lipinski definition) is 0. The predicted octanol–water partition coefficient (Wildman–Crippen LogP) is 3.82. The van der Waals surface area contributed by atoms with E-state index in [0.29, 0.717) is 0 Å². The molecule has 2 rings (SSSR count). The highest BCUT2D eigenvalue weighted by Gasteiger charge is 1.84. The normalized spacial score (nSPS) is 8.84. The highest BCUT2D eigenvalue weighted by atomic mass is 32.2. The molecule has 0 aliphatic heterocycles. The van der Waals surface area contributed by atoms with E-state index in [1.54, 1.807) is 11.8 Å². The van der Waals surface area contributed by atoms with Crippen LogP contribution in [0.1, 0.15) is 11.1 Å². The van der Waals surface area contributed by atoms with E-state index in [0.717, 1.165) is 22.6 Å². The Balaban J connectivity index is 1.71. The summed E-state index contributed by atoms with van der Waals surface area (Å²) in [5.41, 5.74) is 2.14. The summed E-state index contributed by atoms with van der Waals surface area (Å²) in [7, 11) is 0. The molecular weight excluding hydrogens is 248 g/mol. The second-order valence-electron chi connectivity index (χ2n) is 3.83. The Morgan fingerprint density at radius 1 is 0.632 bits per heavy atom. The fourth-order valence-electron chi connectivity index (χ4n) is 1.47. The standard InChI is InChI=1S/C18H14S/c1-3-9-17(10-4-1)13-7-15-19-16-8-14-18-11-5-2-6-12-18/h1-6,9-12H,15-16H2. The van der Waals surface area contributed by atoms with Crippen LogP contribution in [0.5, 0.6) is 0 Å². The van der Waals surface area contributed by atoms with Gasteiger partial charge >= 0.3 is 0 Å². The molecule has 0 heterocycles. The van der Waals surface area contributed by atoms with Gasteiger partial charge in [-0.25, -0.2) is 0 Å². The molecule has 0 aliphatic carbocycles. The van der Waals surface area contributed by atoms with E-state index in [1.165, 1.54) is 0 Å². The van der Waals surface area contributed by atoms with Crippen molar-refractivity contribution in [1.29, 1.82) is 0 Å². The maximum absolute atomic E-state index is 3.15. The summed E-state index contributed by atoms with van der Waals surface area (Å²) in [6.07, 6.45) is 0. The van der Waals surface area contributed by atoms with Crippen molar-refractivity contribution in [2.75, 3.05) is 11.5 Å². The van der Waals surface area contributed by atoms with E-state index in [9.17, 15) is 0 Å². The van der Waals surface area contributed by atoms with Gasteiger partial charge in [-0.05, 0) is 24.3 Å². The molecule has 1 heteroatoms. The Morgan fingerprint density at radius 3 is 1.47 bits per heavy atom. The van der Waals surface area contributed by atoms with Crippen molar-refractivity contribution in [2.45, 2.75) is 0 Å². The van der Waals surface area contributed by atoms with Gasteiger partial charge in [0.2, 0.25) is 0 Å². The van der Waals surface area contributed by atoms with Gasteiger partial charge in [0.15, 0.2) is 0 Å². The molecule has 2 aromatic rings. The lowest BCUT2D eigenvalue weighted by Gasteiger charge is -1.88. The van der Waals surface area contributed by atoms with E-state index in [1.807, 2.05) is 60.7 Å². The minimum Gasteiger partial charge on any atom is -0.136 e. The zero-order chi connectivity index (χ0) is 13.2. The topological polar surface area (TPSA) is 0 Å². The van der Waals surface area contributed by atoms with Crippen molar-refractivity contribution in [3.63, 3.8) is 0 Å². The molecule has 2 aromatic carbocycles. The molecule has 0 nitrogen and oxygen atoms in total. The quantitative estimate of drug-likeness (QED) is 0.585. The number of rotatable bonds is 2. The first kappa shape index (κ1) is 13.3. The monoisotopic (exact) mass is 262 g/mol. The molecule has 0 unspecified atom stereocenters. The predicted molar refractivity (Wildman–Crippen MR) is 84.0 cm³/mol. The molecular formula is C18H14S. The summed E-state index contributed by atoms with van der Waals surface area (Å²) >= 11 is 1.74. The highest BCUT2D eigenvalue weighted by Crippen LogP contribution is 1.99. The van der Waals surface area contributed by atoms with Crippen molar-refractivity contribution in [1.82, 2.24) is 0 Å². The van der Waals surface area contributed by atoms with E-state index in [-0.39, 0.29) is 0 Å². The molecule has 0 aliphatic rings. The molecule has 0 N–H and O–H groups in total. The molecule has 0 atom stereocenters. The molecule has 0 aromatic heterocycles. The van der Waals surface area contributed by atoms with E-state index < -0.39 is 0 Å². The van der Waals surface area contributed by atoms with Crippen LogP contribution in [0.25, 0.3) is 0 Å². The molecule has 19 heavy (non-hydrogen) atoms. The minimum absolute atomic E-state index is 0.818. The third kappa shape index (κ3) is 5.38. The van der Waals surface area contributed by atoms with Gasteiger partial charge in [-0.3, -0.25) is 0 Å². The van der Waals surface area contributed by atoms with E-state index in [2.05, 4.69) is 23.7 Å². The first-order chi connectivity index (χ1) is 9.45. The van der Waals surface area contributed by atoms with Gasteiger partial charge in [0.1, 0.15) is 0 Å². The third-order valence-corrected chi connectivity index (χ3v) is 3.06. The smallest absolute Gasteiger partial charge is 0.0560 e. The summed E-state index contributed by atoms with van der Waals surface area (Å²) in [5, 5.41) is 0. The zero-order valence-electron chi connectivity index (χ0n) is 10.6. The fraction of sp³-hybridized carbons (Fsp3) is 0.111. The highest BCUT2D eigenvalue weighted by molar-refractivity contribution is 7.99. The second-order valence-corrected chi connectivity index (χ2v) is 4.81. The molecule has 0 saturated carbocycles. The van der Waals surface area contributed by atoms with Crippen LogP contribution in [-0.4, -0.2) is 11.5 Å². The lowest BCUT2D eigenvalue weighted by molar-refractivity contribution is 1.64. The average molecular weight is 262 g/mol. The van der Waals surface area contributed by atoms with Crippen molar-refractivity contribution >= 4 is 11.8 Å². The van der Waals surface area contributed by atoms with Gasteiger partial charge < -0.3 is 0 Å². The van der Waals surface area contributed by atoms with Crippen LogP contribution in [0.3, 0.4) is 0 Å². The molecule has 0 radical (unpaired) electrons. The number of hydrogen-bond acceptors (Lipinski definition) is 1. The van der Waals surface area contributed by atoms with Crippen molar-refractivity contribution in [3.8, 4) is 23.7 Å². The Labute approximate surface area is 119 Å². The molecule has 0 saturated heterocycles. The van der Waals surface area contributed by atoms with E-state index >= 15 is 0 Å². The molecule has 0 spiro atoms. The summed E-state index contributed by atoms with van der Waals surface area (Å²) in [6, 6.07) is 20.1. The summed E-state index contributed by atoms with van der Waals surface area (Å²) in [5.74, 6) is 14.2. The van der Waals surface area contributed by atoms with Crippen LogP contribution in [0.2, 0.25) is 0 Å². The van der Waals surface area contributed by atoms with Crippen LogP contribution in [-0.2, 0) is 0 Å². The lowest BCUT2D eigenvalue weighted by atomic mass is 10.2. The molecule has 0 bridgehead atoms. The SMILES string of the molecule is C(#Cc1ccccc1)CSCC#Cc1ccccc1. The lowest BCUT2D eigenvalue weighted by Crippen LogP contribution is -1.78. The van der Waals surface area contributed by atoms with Gasteiger partial charge in [-0.15, -0.1) is 11.8 Å². The Bertz CT molecular complexity index is 549. The Kier molecular flexibility index (Phi) is 5.68. The van der Waals surface area contributed by atoms with Crippen LogP contribution in [0.15, 0.2) is 60.7 Å². The van der Waals surface area contributed by atoms with Crippen molar-refractivity contribution < 1.29 is 0 Å². The van der Waals surface area contributed by atoms with Crippen molar-refractivity contribution in [2.24, 2.45) is 0 Å². The van der Waals surface area contributed by atoms with Crippen LogP contribution in [0.4, 0.5) is 0 Å². The van der Waals surface area contributed by atoms with Gasteiger partial charge in [0.05, 0.1) is 11.5 Å². The van der Waals surface area contributed by atoms with Gasteiger partial charge in [0, 0.05) is 11.1 Å². The largest absolute Gasteiger partial charge is 0.136 e. The minimum atomic E-state index is 0.818. The zero-order valence-corrected chi connectivity index (χ0v) is 11.4. The Hall–Kier alpha value is -2.09. The Morgan fingerprint density at radius 2 is 1.05 bits per heavy atom. The maximum Gasteiger partial charge on any atom is 0.0560 e. The number of thioether (sulfide) groups is 1. The van der Waals surface area contributed by atoms with Crippen molar-refractivity contribution in [3.05, 3.63) is 71.8 Å². The first-order valence-corrected chi connectivity index (χ1v) is 7.26. The van der Waals surface area contributed by atoms with Gasteiger partial charge in [0.25, 0.3) is 0 Å². The molecule has 92 valence electrons.